The number of aromatic amines is 1. The molecule has 0 radical (unpaired) electrons. The Bertz CT molecular complexity index is 718. The minimum absolute atomic E-state index is 0.271. The standard InChI is InChI=1S/C17H18ClN3/c1-2-4-15(12-7-9-13(18)10-8-12)20-16-5-3-6-17-14(16)11-19-21-17/h3,5-11,15,20H,2,4H2,1H3,(H,19,21). The van der Waals surface area contributed by atoms with Crippen molar-refractivity contribution in [2.24, 2.45) is 0 Å². The van der Waals surface area contributed by atoms with E-state index in [0.29, 0.717) is 0 Å². The highest BCUT2D eigenvalue weighted by atomic mass is 35.5. The van der Waals surface area contributed by atoms with Gasteiger partial charge in [-0.1, -0.05) is 43.1 Å². The highest BCUT2D eigenvalue weighted by Crippen LogP contribution is 2.29. The lowest BCUT2D eigenvalue weighted by atomic mass is 10.0. The van der Waals surface area contributed by atoms with Crippen molar-refractivity contribution in [2.75, 3.05) is 5.32 Å². The topological polar surface area (TPSA) is 40.7 Å². The number of nitrogens with one attached hydrogen (secondary N) is 2. The summed E-state index contributed by atoms with van der Waals surface area (Å²) in [7, 11) is 0. The minimum Gasteiger partial charge on any atom is -0.378 e. The molecule has 0 spiro atoms. The molecule has 3 aromatic rings. The lowest BCUT2D eigenvalue weighted by molar-refractivity contribution is 0.678. The molecule has 3 rings (SSSR count). The van der Waals surface area contributed by atoms with Gasteiger partial charge in [-0.2, -0.15) is 5.10 Å². The molecule has 0 fully saturated rings. The van der Waals surface area contributed by atoms with E-state index in [9.17, 15) is 0 Å². The van der Waals surface area contributed by atoms with E-state index in [0.717, 1.165) is 34.5 Å². The highest BCUT2D eigenvalue weighted by Gasteiger charge is 2.12. The summed E-state index contributed by atoms with van der Waals surface area (Å²) in [5, 5.41) is 12.7. The van der Waals surface area contributed by atoms with E-state index in [2.05, 4.69) is 40.6 Å². The summed E-state index contributed by atoms with van der Waals surface area (Å²) in [6.07, 6.45) is 4.04. The van der Waals surface area contributed by atoms with Crippen molar-refractivity contribution in [3.8, 4) is 0 Å². The fourth-order valence-corrected chi connectivity index (χ4v) is 2.71. The lowest BCUT2D eigenvalue weighted by Crippen LogP contribution is -2.10. The molecule has 2 aromatic carbocycles. The van der Waals surface area contributed by atoms with Crippen molar-refractivity contribution in [3.05, 3.63) is 59.2 Å². The Balaban J connectivity index is 1.91. The number of nitrogens with zero attached hydrogens (tertiary/aromatic N) is 1. The second kappa shape index (κ2) is 6.19. The Morgan fingerprint density at radius 3 is 2.76 bits per heavy atom. The molecule has 0 aliphatic heterocycles. The molecule has 2 N–H and O–H groups in total. The van der Waals surface area contributed by atoms with Gasteiger partial charge in [0.15, 0.2) is 0 Å². The largest absolute Gasteiger partial charge is 0.378 e. The molecule has 3 nitrogen and oxygen atoms in total. The molecule has 1 aromatic heterocycles. The summed E-state index contributed by atoms with van der Waals surface area (Å²) in [4.78, 5) is 0. The van der Waals surface area contributed by atoms with Crippen LogP contribution in [0.25, 0.3) is 10.9 Å². The van der Waals surface area contributed by atoms with Gasteiger partial charge in [-0.25, -0.2) is 0 Å². The summed E-state index contributed by atoms with van der Waals surface area (Å²) in [5.74, 6) is 0. The fraction of sp³-hybridized carbons (Fsp3) is 0.235. The summed E-state index contributed by atoms with van der Waals surface area (Å²) in [5.41, 5.74) is 3.41. The number of anilines is 1. The number of benzene rings is 2. The third-order valence-electron chi connectivity index (χ3n) is 3.66. The Morgan fingerprint density at radius 2 is 2.00 bits per heavy atom. The monoisotopic (exact) mass is 299 g/mol. The second-order valence-electron chi connectivity index (χ2n) is 5.17. The highest BCUT2D eigenvalue weighted by molar-refractivity contribution is 6.30. The quantitative estimate of drug-likeness (QED) is 0.682. The maximum Gasteiger partial charge on any atom is 0.0671 e. The van der Waals surface area contributed by atoms with Crippen molar-refractivity contribution in [1.29, 1.82) is 0 Å². The molecule has 1 unspecified atom stereocenters. The zero-order valence-corrected chi connectivity index (χ0v) is 12.7. The van der Waals surface area contributed by atoms with E-state index >= 15 is 0 Å². The predicted octanol–water partition coefficient (Wildman–Crippen LogP) is 5.17. The van der Waals surface area contributed by atoms with Crippen LogP contribution < -0.4 is 5.32 Å². The van der Waals surface area contributed by atoms with E-state index < -0.39 is 0 Å². The van der Waals surface area contributed by atoms with Crippen LogP contribution in [0, 0.1) is 0 Å². The van der Waals surface area contributed by atoms with Crippen molar-refractivity contribution in [1.82, 2.24) is 10.2 Å². The van der Waals surface area contributed by atoms with Crippen LogP contribution in [-0.2, 0) is 0 Å². The number of rotatable bonds is 5. The zero-order chi connectivity index (χ0) is 14.7. The van der Waals surface area contributed by atoms with Gasteiger partial charge in [-0.15, -0.1) is 0 Å². The van der Waals surface area contributed by atoms with Gasteiger partial charge in [0, 0.05) is 16.1 Å². The number of H-pyrrole nitrogens is 1. The van der Waals surface area contributed by atoms with Crippen LogP contribution in [0.3, 0.4) is 0 Å². The van der Waals surface area contributed by atoms with Crippen LogP contribution in [0.5, 0.6) is 0 Å². The van der Waals surface area contributed by atoms with Crippen molar-refractivity contribution < 1.29 is 0 Å². The van der Waals surface area contributed by atoms with Crippen molar-refractivity contribution in [2.45, 2.75) is 25.8 Å². The van der Waals surface area contributed by atoms with E-state index in [1.54, 1.807) is 0 Å². The van der Waals surface area contributed by atoms with Crippen molar-refractivity contribution in [3.63, 3.8) is 0 Å². The molecule has 0 bridgehead atoms. The van der Waals surface area contributed by atoms with Gasteiger partial charge in [-0.05, 0) is 36.2 Å². The van der Waals surface area contributed by atoms with E-state index in [4.69, 9.17) is 11.6 Å². The SMILES string of the molecule is CCCC(Nc1cccc2[nH]ncc12)c1ccc(Cl)cc1. The average molecular weight is 300 g/mol. The molecular weight excluding hydrogens is 282 g/mol. The van der Waals surface area contributed by atoms with E-state index in [1.807, 2.05) is 30.5 Å². The third-order valence-corrected chi connectivity index (χ3v) is 3.92. The first-order valence-corrected chi connectivity index (χ1v) is 7.60. The van der Waals surface area contributed by atoms with Crippen LogP contribution in [0.15, 0.2) is 48.7 Å². The lowest BCUT2D eigenvalue weighted by Gasteiger charge is -2.20. The first-order valence-electron chi connectivity index (χ1n) is 7.22. The number of hydrogen-bond acceptors (Lipinski definition) is 2. The van der Waals surface area contributed by atoms with Crippen LogP contribution in [0.1, 0.15) is 31.4 Å². The summed E-state index contributed by atoms with van der Waals surface area (Å²) >= 11 is 5.98. The number of fused-ring (bicyclic) bond motifs is 1. The summed E-state index contributed by atoms with van der Waals surface area (Å²) in [6.45, 7) is 2.20. The van der Waals surface area contributed by atoms with Gasteiger partial charge in [0.05, 0.1) is 17.8 Å². The normalized spacial score (nSPS) is 12.5. The van der Waals surface area contributed by atoms with Crippen LogP contribution in [-0.4, -0.2) is 10.2 Å². The van der Waals surface area contributed by atoms with Crippen LogP contribution in [0.4, 0.5) is 5.69 Å². The molecule has 0 amide bonds. The molecule has 21 heavy (non-hydrogen) atoms. The van der Waals surface area contributed by atoms with Gasteiger partial charge in [0.2, 0.25) is 0 Å². The third kappa shape index (κ3) is 3.03. The smallest absolute Gasteiger partial charge is 0.0671 e. The average Bonchev–Trinajstić information content (AvgIpc) is 2.97. The number of aromatic nitrogens is 2. The molecule has 1 heterocycles. The van der Waals surface area contributed by atoms with Crippen LogP contribution in [0.2, 0.25) is 5.02 Å². The molecule has 0 saturated heterocycles. The van der Waals surface area contributed by atoms with Gasteiger partial charge in [-0.3, -0.25) is 5.10 Å². The van der Waals surface area contributed by atoms with Crippen molar-refractivity contribution >= 4 is 28.2 Å². The zero-order valence-electron chi connectivity index (χ0n) is 11.9. The fourth-order valence-electron chi connectivity index (χ4n) is 2.59. The Kier molecular flexibility index (Phi) is 4.11. The first-order chi connectivity index (χ1) is 10.3. The Hall–Kier alpha value is -2.00. The summed E-state index contributed by atoms with van der Waals surface area (Å²) in [6, 6.07) is 14.5. The summed E-state index contributed by atoms with van der Waals surface area (Å²) < 4.78 is 0. The molecule has 0 saturated carbocycles. The molecule has 108 valence electrons. The van der Waals surface area contributed by atoms with E-state index in [-0.39, 0.29) is 6.04 Å². The Labute approximate surface area is 129 Å². The molecular formula is C17H18ClN3. The van der Waals surface area contributed by atoms with Crippen LogP contribution >= 0.6 is 11.6 Å². The van der Waals surface area contributed by atoms with E-state index in [1.165, 1.54) is 5.56 Å². The Morgan fingerprint density at radius 1 is 1.19 bits per heavy atom. The maximum atomic E-state index is 5.98. The van der Waals surface area contributed by atoms with Gasteiger partial charge in [0.1, 0.15) is 0 Å². The molecule has 4 heteroatoms. The predicted molar refractivity (Wildman–Crippen MR) is 88.8 cm³/mol. The molecule has 0 aliphatic rings. The van der Waals surface area contributed by atoms with Gasteiger partial charge < -0.3 is 5.32 Å². The minimum atomic E-state index is 0.271. The van der Waals surface area contributed by atoms with Gasteiger partial charge in [0.25, 0.3) is 0 Å². The van der Waals surface area contributed by atoms with Gasteiger partial charge >= 0.3 is 0 Å². The molecule has 1 atom stereocenters. The second-order valence-corrected chi connectivity index (χ2v) is 5.61. The first kappa shape index (κ1) is 14.0. The number of halogens is 1. The molecule has 0 aliphatic carbocycles. The number of hydrogen-bond donors (Lipinski definition) is 2. The maximum absolute atomic E-state index is 5.98.